The molecule has 0 unspecified atom stereocenters. The van der Waals surface area contributed by atoms with E-state index >= 15 is 0 Å². The van der Waals surface area contributed by atoms with Gasteiger partial charge in [-0.25, -0.2) is 0 Å². The summed E-state index contributed by atoms with van der Waals surface area (Å²) in [5.41, 5.74) is 23.9. The lowest BCUT2D eigenvalue weighted by Crippen LogP contribution is -2.42. The predicted octanol–water partition coefficient (Wildman–Crippen LogP) is 8.09. The molecule has 4 nitrogen and oxygen atoms in total. The van der Waals surface area contributed by atoms with Crippen LogP contribution in [-0.4, -0.2) is 0 Å². The van der Waals surface area contributed by atoms with Gasteiger partial charge in [-0.05, 0) is 63.5 Å². The maximum absolute atomic E-state index is 6.63. The third-order valence-corrected chi connectivity index (χ3v) is 10.2. The Kier molecular flexibility index (Phi) is 9.57. The molecule has 2 aliphatic carbocycles. The number of nitrogen functional groups attached to an aromatic ring is 2. The summed E-state index contributed by atoms with van der Waals surface area (Å²) < 4.78 is 5.23. The molecule has 0 aliphatic heterocycles. The number of pyridine rings is 2. The Morgan fingerprint density at radius 2 is 0.810 bits per heavy atom. The first-order valence-electron chi connectivity index (χ1n) is 17.2. The minimum Gasteiger partial charge on any atom is -0.398 e. The third-order valence-electron chi connectivity index (χ3n) is 10.2. The first-order chi connectivity index (χ1) is 20.7. The normalized spacial score (nSPS) is 14.8. The van der Waals surface area contributed by atoms with Gasteiger partial charge in [0.15, 0.2) is 11.4 Å². The summed E-state index contributed by atoms with van der Waals surface area (Å²) in [4.78, 5) is 0. The summed E-state index contributed by atoms with van der Waals surface area (Å²) in [5, 5.41) is 2.50. The molecule has 42 heavy (non-hydrogen) atoms. The summed E-state index contributed by atoms with van der Waals surface area (Å²) in [6, 6.07) is 17.6. The SMILES string of the molecule is Nc1c2c([n+](CCCCCCCCCCCC[n+]3c4c(c(N)c5ccccc53)CCCC4)c3ccccc13)CCCC2. The van der Waals surface area contributed by atoms with Crippen LogP contribution >= 0.6 is 0 Å². The number of rotatable bonds is 13. The molecule has 0 radical (unpaired) electrons. The Labute approximate surface area is 253 Å². The van der Waals surface area contributed by atoms with Gasteiger partial charge in [0.05, 0.1) is 22.1 Å². The van der Waals surface area contributed by atoms with Crippen molar-refractivity contribution in [3.63, 3.8) is 0 Å². The molecule has 0 fully saturated rings. The van der Waals surface area contributed by atoms with E-state index in [1.807, 2.05) is 0 Å². The predicted molar refractivity (Wildman–Crippen MR) is 177 cm³/mol. The van der Waals surface area contributed by atoms with E-state index in [9.17, 15) is 0 Å². The zero-order chi connectivity index (χ0) is 28.7. The first-order valence-corrected chi connectivity index (χ1v) is 17.2. The van der Waals surface area contributed by atoms with E-state index in [1.165, 1.54) is 147 Å². The Balaban J connectivity index is 0.901. The zero-order valence-corrected chi connectivity index (χ0v) is 25.8. The highest BCUT2D eigenvalue weighted by Gasteiger charge is 2.27. The minimum absolute atomic E-state index is 1.04. The van der Waals surface area contributed by atoms with E-state index in [0.717, 1.165) is 37.3 Å². The smallest absolute Gasteiger partial charge is 0.214 e. The van der Waals surface area contributed by atoms with E-state index in [2.05, 4.69) is 57.7 Å². The van der Waals surface area contributed by atoms with Gasteiger partial charge in [0.2, 0.25) is 11.0 Å². The molecule has 6 rings (SSSR count). The molecule has 2 aromatic heterocycles. The highest BCUT2D eigenvalue weighted by atomic mass is 15.0. The molecule has 0 atom stereocenters. The second-order valence-electron chi connectivity index (χ2n) is 13.0. The van der Waals surface area contributed by atoms with Gasteiger partial charge in [0.1, 0.15) is 13.1 Å². The quantitative estimate of drug-likeness (QED) is 0.127. The molecule has 2 aliphatic rings. The average Bonchev–Trinajstić information content (AvgIpc) is 3.04. The molecule has 0 spiro atoms. The number of fused-ring (bicyclic) bond motifs is 4. The number of aryl methyl sites for hydroxylation is 2. The van der Waals surface area contributed by atoms with E-state index in [4.69, 9.17) is 11.5 Å². The fourth-order valence-corrected chi connectivity index (χ4v) is 7.91. The van der Waals surface area contributed by atoms with Crippen LogP contribution in [0.2, 0.25) is 0 Å². The molecule has 2 heterocycles. The molecule has 0 saturated heterocycles. The summed E-state index contributed by atoms with van der Waals surface area (Å²) in [6.07, 6.45) is 23.3. The second-order valence-corrected chi connectivity index (χ2v) is 13.0. The molecule has 4 heteroatoms. The van der Waals surface area contributed by atoms with Crippen molar-refractivity contribution >= 4 is 33.2 Å². The molecule has 4 aromatic rings. The summed E-state index contributed by atoms with van der Waals surface area (Å²) in [6.45, 7) is 2.27. The monoisotopic (exact) mass is 564 g/mol. The maximum atomic E-state index is 6.63. The second kappa shape index (κ2) is 13.9. The van der Waals surface area contributed by atoms with Crippen molar-refractivity contribution < 1.29 is 9.13 Å². The largest absolute Gasteiger partial charge is 0.398 e. The molecule has 2 aromatic carbocycles. The van der Waals surface area contributed by atoms with Crippen LogP contribution in [0.1, 0.15) is 112 Å². The van der Waals surface area contributed by atoms with Gasteiger partial charge in [0, 0.05) is 48.9 Å². The lowest BCUT2D eigenvalue weighted by molar-refractivity contribution is -0.680. The van der Waals surface area contributed by atoms with Crippen molar-refractivity contribution in [3.8, 4) is 0 Å². The molecular weight excluding hydrogens is 512 g/mol. The number of hydrogen-bond acceptors (Lipinski definition) is 2. The number of unbranched alkanes of at least 4 members (excludes halogenated alkanes) is 9. The number of hydrogen-bond donors (Lipinski definition) is 2. The lowest BCUT2D eigenvalue weighted by Gasteiger charge is -2.18. The van der Waals surface area contributed by atoms with Crippen molar-refractivity contribution in [1.29, 1.82) is 0 Å². The zero-order valence-electron chi connectivity index (χ0n) is 25.8. The van der Waals surface area contributed by atoms with Gasteiger partial charge in [-0.15, -0.1) is 0 Å². The van der Waals surface area contributed by atoms with Crippen molar-refractivity contribution in [3.05, 3.63) is 71.0 Å². The van der Waals surface area contributed by atoms with Crippen molar-refractivity contribution in [2.45, 2.75) is 129 Å². The van der Waals surface area contributed by atoms with Crippen LogP contribution in [0, 0.1) is 0 Å². The summed E-state index contributed by atoms with van der Waals surface area (Å²) in [5.74, 6) is 0. The highest BCUT2D eigenvalue weighted by Crippen LogP contribution is 2.31. The Morgan fingerprint density at radius 3 is 1.24 bits per heavy atom. The molecule has 4 N–H and O–H groups in total. The highest BCUT2D eigenvalue weighted by molar-refractivity contribution is 5.90. The Hall–Kier alpha value is -3.14. The molecule has 0 bridgehead atoms. The fourth-order valence-electron chi connectivity index (χ4n) is 7.91. The van der Waals surface area contributed by atoms with Crippen LogP contribution < -0.4 is 20.6 Å². The van der Waals surface area contributed by atoms with Gasteiger partial charge < -0.3 is 11.5 Å². The van der Waals surface area contributed by atoms with Crippen molar-refractivity contribution in [2.24, 2.45) is 0 Å². The Morgan fingerprint density at radius 1 is 0.452 bits per heavy atom. The van der Waals surface area contributed by atoms with Gasteiger partial charge in [-0.2, -0.15) is 9.13 Å². The van der Waals surface area contributed by atoms with E-state index < -0.39 is 0 Å². The standard InChI is InChI=1S/C38H50N4/c39-37-29-19-9-13-23-33(29)41(34-24-14-10-20-30(34)37)27-17-7-5-3-1-2-4-6-8-18-28-42-35-25-15-11-21-31(35)38(40)32-22-12-16-26-36(32)42/h9,11,13,15,19,21,23,25,39-40H,1-8,10,12,14,16-18,20,22,24,26-28H2/p+2. The molecular formula is C38H52N4+2. The number of para-hydroxylation sites is 2. The van der Waals surface area contributed by atoms with Crippen LogP contribution in [0.25, 0.3) is 21.8 Å². The first kappa shape index (κ1) is 29.0. The van der Waals surface area contributed by atoms with Crippen LogP contribution in [0.3, 0.4) is 0 Å². The van der Waals surface area contributed by atoms with Gasteiger partial charge >= 0.3 is 0 Å². The van der Waals surface area contributed by atoms with Crippen LogP contribution in [-0.2, 0) is 38.8 Å². The number of anilines is 2. The number of benzene rings is 2. The number of nitrogens with two attached hydrogens (primary N) is 2. The van der Waals surface area contributed by atoms with E-state index in [0.29, 0.717) is 0 Å². The number of aromatic nitrogens is 2. The molecule has 0 amide bonds. The lowest BCUT2D eigenvalue weighted by atomic mass is 9.92. The van der Waals surface area contributed by atoms with Gasteiger partial charge in [-0.3, -0.25) is 0 Å². The third kappa shape index (κ3) is 6.14. The van der Waals surface area contributed by atoms with Gasteiger partial charge in [-0.1, -0.05) is 62.8 Å². The van der Waals surface area contributed by atoms with E-state index in [-0.39, 0.29) is 0 Å². The van der Waals surface area contributed by atoms with Crippen molar-refractivity contribution in [2.75, 3.05) is 11.5 Å². The summed E-state index contributed by atoms with van der Waals surface area (Å²) in [7, 11) is 0. The topological polar surface area (TPSA) is 59.8 Å². The van der Waals surface area contributed by atoms with Crippen LogP contribution in [0.4, 0.5) is 11.4 Å². The van der Waals surface area contributed by atoms with Crippen LogP contribution in [0.15, 0.2) is 48.5 Å². The molecule has 222 valence electrons. The molecule has 0 saturated carbocycles. The maximum Gasteiger partial charge on any atom is 0.214 e. The number of nitrogens with zero attached hydrogens (tertiary/aromatic N) is 2. The minimum atomic E-state index is 1.04. The van der Waals surface area contributed by atoms with E-state index in [1.54, 1.807) is 0 Å². The van der Waals surface area contributed by atoms with Crippen molar-refractivity contribution in [1.82, 2.24) is 0 Å². The Bertz CT molecular complexity index is 1410. The fraction of sp³-hybridized carbons (Fsp3) is 0.526. The summed E-state index contributed by atoms with van der Waals surface area (Å²) >= 11 is 0. The van der Waals surface area contributed by atoms with Gasteiger partial charge in [0.25, 0.3) is 0 Å². The van der Waals surface area contributed by atoms with Crippen LogP contribution in [0.5, 0.6) is 0 Å². The average molecular weight is 565 g/mol.